The highest BCUT2D eigenvalue weighted by molar-refractivity contribution is 5.66. The van der Waals surface area contributed by atoms with E-state index in [4.69, 9.17) is 5.11 Å². The van der Waals surface area contributed by atoms with Crippen LogP contribution in [-0.4, -0.2) is 22.3 Å². The fraction of sp³-hybridized carbons (Fsp3) is 0.929. The van der Waals surface area contributed by atoms with Gasteiger partial charge < -0.3 is 10.2 Å². The second kappa shape index (κ2) is 11.9. The SMILES string of the molecule is CCC[C@H](O)CCCCCCCCCC(=O)O. The summed E-state index contributed by atoms with van der Waals surface area (Å²) >= 11 is 0. The summed E-state index contributed by atoms with van der Waals surface area (Å²) in [5.74, 6) is -0.685. The van der Waals surface area contributed by atoms with Crippen LogP contribution in [0.25, 0.3) is 0 Å². The monoisotopic (exact) mass is 244 g/mol. The normalized spacial score (nSPS) is 12.6. The Bertz CT molecular complexity index is 180. The van der Waals surface area contributed by atoms with E-state index < -0.39 is 5.97 Å². The molecule has 0 aliphatic heterocycles. The average molecular weight is 244 g/mol. The van der Waals surface area contributed by atoms with E-state index in [0.717, 1.165) is 44.9 Å². The van der Waals surface area contributed by atoms with Crippen molar-refractivity contribution in [3.8, 4) is 0 Å². The van der Waals surface area contributed by atoms with Crippen LogP contribution in [0.3, 0.4) is 0 Å². The van der Waals surface area contributed by atoms with E-state index in [1.54, 1.807) is 0 Å². The second-order valence-corrected chi connectivity index (χ2v) is 4.85. The van der Waals surface area contributed by atoms with Crippen molar-refractivity contribution >= 4 is 5.97 Å². The van der Waals surface area contributed by atoms with Crippen LogP contribution in [0.5, 0.6) is 0 Å². The summed E-state index contributed by atoms with van der Waals surface area (Å²) in [5, 5.41) is 18.0. The first-order valence-corrected chi connectivity index (χ1v) is 7.06. The van der Waals surface area contributed by atoms with Gasteiger partial charge in [-0.2, -0.15) is 0 Å². The number of unbranched alkanes of at least 4 members (excludes halogenated alkanes) is 6. The molecule has 2 N–H and O–H groups in total. The van der Waals surface area contributed by atoms with Crippen molar-refractivity contribution in [2.45, 2.75) is 83.7 Å². The van der Waals surface area contributed by atoms with E-state index in [2.05, 4.69) is 6.92 Å². The molecular formula is C14H28O3. The van der Waals surface area contributed by atoms with Crippen LogP contribution in [-0.2, 0) is 4.79 Å². The zero-order valence-corrected chi connectivity index (χ0v) is 11.2. The summed E-state index contributed by atoms with van der Waals surface area (Å²) in [4.78, 5) is 10.3. The minimum atomic E-state index is -0.685. The summed E-state index contributed by atoms with van der Waals surface area (Å²) in [5.41, 5.74) is 0. The molecule has 0 bridgehead atoms. The Labute approximate surface area is 105 Å². The molecule has 0 saturated heterocycles. The molecule has 0 aromatic carbocycles. The van der Waals surface area contributed by atoms with Gasteiger partial charge in [0.1, 0.15) is 0 Å². The second-order valence-electron chi connectivity index (χ2n) is 4.85. The molecule has 0 saturated carbocycles. The molecule has 0 unspecified atom stereocenters. The molecule has 1 atom stereocenters. The van der Waals surface area contributed by atoms with Gasteiger partial charge in [-0.15, -0.1) is 0 Å². The van der Waals surface area contributed by atoms with Crippen molar-refractivity contribution in [3.05, 3.63) is 0 Å². The van der Waals surface area contributed by atoms with Crippen molar-refractivity contribution in [3.63, 3.8) is 0 Å². The predicted molar refractivity (Wildman–Crippen MR) is 70.1 cm³/mol. The Morgan fingerprint density at radius 1 is 0.941 bits per heavy atom. The highest BCUT2D eigenvalue weighted by atomic mass is 16.4. The van der Waals surface area contributed by atoms with Crippen LogP contribution in [0.15, 0.2) is 0 Å². The number of hydrogen-bond acceptors (Lipinski definition) is 2. The maximum atomic E-state index is 10.3. The molecule has 3 nitrogen and oxygen atoms in total. The quantitative estimate of drug-likeness (QED) is 0.514. The number of carbonyl (C=O) groups is 1. The Hall–Kier alpha value is -0.570. The van der Waals surface area contributed by atoms with Crippen LogP contribution >= 0.6 is 0 Å². The maximum Gasteiger partial charge on any atom is 0.303 e. The molecule has 102 valence electrons. The number of carboxylic acids is 1. The summed E-state index contributed by atoms with van der Waals surface area (Å²) in [6.07, 6.45) is 10.8. The number of hydrogen-bond donors (Lipinski definition) is 2. The lowest BCUT2D eigenvalue weighted by Gasteiger charge is -2.08. The molecule has 0 aliphatic rings. The molecule has 17 heavy (non-hydrogen) atoms. The summed E-state index contributed by atoms with van der Waals surface area (Å²) < 4.78 is 0. The number of aliphatic hydroxyl groups is 1. The molecule has 0 spiro atoms. The fourth-order valence-corrected chi connectivity index (χ4v) is 2.02. The fourth-order valence-electron chi connectivity index (χ4n) is 2.02. The van der Waals surface area contributed by atoms with Gasteiger partial charge in [0.15, 0.2) is 0 Å². The van der Waals surface area contributed by atoms with Gasteiger partial charge >= 0.3 is 5.97 Å². The summed E-state index contributed by atoms with van der Waals surface area (Å²) in [7, 11) is 0. The van der Waals surface area contributed by atoms with Gasteiger partial charge in [-0.05, 0) is 19.3 Å². The number of aliphatic carboxylic acids is 1. The first kappa shape index (κ1) is 16.4. The lowest BCUT2D eigenvalue weighted by Crippen LogP contribution is -2.04. The molecule has 0 radical (unpaired) electrons. The summed E-state index contributed by atoms with van der Waals surface area (Å²) in [6, 6.07) is 0. The Morgan fingerprint density at radius 2 is 1.47 bits per heavy atom. The Balaban J connectivity index is 3.05. The van der Waals surface area contributed by atoms with Gasteiger partial charge in [-0.3, -0.25) is 4.79 Å². The highest BCUT2D eigenvalue weighted by Gasteiger charge is 2.01. The third kappa shape index (κ3) is 13.4. The van der Waals surface area contributed by atoms with E-state index in [1.807, 2.05) is 0 Å². The first-order valence-electron chi connectivity index (χ1n) is 7.06. The number of rotatable bonds is 12. The molecule has 3 heteroatoms. The zero-order chi connectivity index (χ0) is 12.9. The van der Waals surface area contributed by atoms with E-state index in [9.17, 15) is 9.90 Å². The Morgan fingerprint density at radius 3 is 2.00 bits per heavy atom. The van der Waals surface area contributed by atoms with Crippen LogP contribution in [0.4, 0.5) is 0 Å². The third-order valence-corrected chi connectivity index (χ3v) is 3.05. The predicted octanol–water partition coefficient (Wildman–Crippen LogP) is 3.74. The average Bonchev–Trinajstić information content (AvgIpc) is 2.27. The van der Waals surface area contributed by atoms with Crippen molar-refractivity contribution in [1.29, 1.82) is 0 Å². The van der Waals surface area contributed by atoms with Crippen molar-refractivity contribution in [2.75, 3.05) is 0 Å². The molecule has 0 aromatic rings. The molecule has 0 rings (SSSR count). The van der Waals surface area contributed by atoms with Crippen LogP contribution in [0.1, 0.15) is 77.6 Å². The van der Waals surface area contributed by atoms with Crippen molar-refractivity contribution in [2.24, 2.45) is 0 Å². The van der Waals surface area contributed by atoms with E-state index >= 15 is 0 Å². The van der Waals surface area contributed by atoms with E-state index in [-0.39, 0.29) is 6.10 Å². The maximum absolute atomic E-state index is 10.3. The van der Waals surface area contributed by atoms with Crippen LogP contribution in [0.2, 0.25) is 0 Å². The smallest absolute Gasteiger partial charge is 0.303 e. The van der Waals surface area contributed by atoms with Crippen LogP contribution in [0, 0.1) is 0 Å². The zero-order valence-electron chi connectivity index (χ0n) is 11.2. The van der Waals surface area contributed by atoms with Crippen molar-refractivity contribution in [1.82, 2.24) is 0 Å². The Kier molecular flexibility index (Phi) is 11.5. The number of aliphatic hydroxyl groups excluding tert-OH is 1. The topological polar surface area (TPSA) is 57.5 Å². The summed E-state index contributed by atoms with van der Waals surface area (Å²) in [6.45, 7) is 2.10. The highest BCUT2D eigenvalue weighted by Crippen LogP contribution is 2.12. The van der Waals surface area contributed by atoms with E-state index in [1.165, 1.54) is 19.3 Å². The van der Waals surface area contributed by atoms with Gasteiger partial charge in [-0.25, -0.2) is 0 Å². The lowest BCUT2D eigenvalue weighted by atomic mass is 10.0. The standard InChI is InChI=1S/C14H28O3/c1-2-10-13(15)11-8-6-4-3-5-7-9-12-14(16)17/h13,15H,2-12H2,1H3,(H,16,17)/t13-/m0/s1. The lowest BCUT2D eigenvalue weighted by molar-refractivity contribution is -0.137. The first-order chi connectivity index (χ1) is 8.16. The largest absolute Gasteiger partial charge is 0.481 e. The minimum Gasteiger partial charge on any atom is -0.481 e. The third-order valence-electron chi connectivity index (χ3n) is 3.05. The molecule has 0 fully saturated rings. The van der Waals surface area contributed by atoms with Gasteiger partial charge in [0.25, 0.3) is 0 Å². The van der Waals surface area contributed by atoms with Gasteiger partial charge in [-0.1, -0.05) is 51.9 Å². The van der Waals surface area contributed by atoms with Gasteiger partial charge in [0, 0.05) is 6.42 Å². The molecule has 0 heterocycles. The number of carboxylic acid groups (broad SMARTS) is 1. The van der Waals surface area contributed by atoms with Gasteiger partial charge in [0.05, 0.1) is 6.10 Å². The molecule has 0 amide bonds. The molecule has 0 aliphatic carbocycles. The van der Waals surface area contributed by atoms with E-state index in [0.29, 0.717) is 6.42 Å². The minimum absolute atomic E-state index is 0.101. The van der Waals surface area contributed by atoms with Crippen LogP contribution < -0.4 is 0 Å². The van der Waals surface area contributed by atoms with Crippen molar-refractivity contribution < 1.29 is 15.0 Å². The molecular weight excluding hydrogens is 216 g/mol. The molecule has 0 aromatic heterocycles. The van der Waals surface area contributed by atoms with Gasteiger partial charge in [0.2, 0.25) is 0 Å².